The van der Waals surface area contributed by atoms with E-state index in [0.29, 0.717) is 0 Å². The summed E-state index contributed by atoms with van der Waals surface area (Å²) in [7, 11) is -1.40. The molecule has 0 fully saturated rings. The van der Waals surface area contributed by atoms with E-state index in [1.165, 1.54) is 36.4 Å². The van der Waals surface area contributed by atoms with E-state index >= 15 is 0 Å². The van der Waals surface area contributed by atoms with Crippen LogP contribution in [-0.2, 0) is 0 Å². The number of hydrogen-bond acceptors (Lipinski definition) is 0. The van der Waals surface area contributed by atoms with Crippen LogP contribution in [0.3, 0.4) is 0 Å². The van der Waals surface area contributed by atoms with Crippen molar-refractivity contribution < 1.29 is 0 Å². The zero-order chi connectivity index (χ0) is 18.4. The Kier molecular flexibility index (Phi) is 6.56. The molecule has 0 bridgehead atoms. The van der Waals surface area contributed by atoms with Crippen molar-refractivity contribution in [1.29, 1.82) is 0 Å². The molecule has 0 amide bonds. The normalized spacial score (nSPS) is 11.7. The van der Waals surface area contributed by atoms with Crippen LogP contribution in [-0.4, -0.2) is 22.7 Å². The van der Waals surface area contributed by atoms with E-state index in [9.17, 15) is 0 Å². The molecular formula is C24H28AsSi. The number of rotatable bonds is 7. The fourth-order valence-electron chi connectivity index (χ4n) is 3.80. The molecule has 0 saturated heterocycles. The third-order valence-electron chi connectivity index (χ3n) is 5.65. The van der Waals surface area contributed by atoms with Gasteiger partial charge in [0, 0.05) is 0 Å². The summed E-state index contributed by atoms with van der Waals surface area (Å²) in [4.78, 5) is 0. The minimum atomic E-state index is -1.56. The van der Waals surface area contributed by atoms with Gasteiger partial charge in [0.2, 0.25) is 0 Å². The van der Waals surface area contributed by atoms with Gasteiger partial charge in [0.15, 0.2) is 0 Å². The Morgan fingerprint density at radius 3 is 1.62 bits per heavy atom. The second kappa shape index (κ2) is 8.89. The summed E-state index contributed by atoms with van der Waals surface area (Å²) in [6, 6.07) is 37.0. The Bertz CT molecular complexity index is 762. The van der Waals surface area contributed by atoms with Crippen molar-refractivity contribution in [3.63, 3.8) is 0 Å². The van der Waals surface area contributed by atoms with Crippen molar-refractivity contribution in [2.75, 3.05) is 0 Å². The Hall–Kier alpha value is -1.56. The van der Waals surface area contributed by atoms with Crippen LogP contribution in [0.1, 0.15) is 20.8 Å². The van der Waals surface area contributed by atoms with Gasteiger partial charge in [0.25, 0.3) is 0 Å². The predicted molar refractivity (Wildman–Crippen MR) is 120 cm³/mol. The Morgan fingerprint density at radius 2 is 1.15 bits per heavy atom. The van der Waals surface area contributed by atoms with Gasteiger partial charge >= 0.3 is 165 Å². The van der Waals surface area contributed by atoms with Crippen LogP contribution in [0.2, 0.25) is 18.1 Å². The van der Waals surface area contributed by atoms with Gasteiger partial charge in [-0.05, 0) is 0 Å². The van der Waals surface area contributed by atoms with Crippen LogP contribution in [0, 0.1) is 6.07 Å². The molecule has 0 aliphatic rings. The fourth-order valence-corrected chi connectivity index (χ4v) is 12.3. The molecule has 0 spiro atoms. The predicted octanol–water partition coefficient (Wildman–Crippen LogP) is 3.72. The Labute approximate surface area is 164 Å². The molecule has 0 aromatic heterocycles. The van der Waals surface area contributed by atoms with Gasteiger partial charge in [-0.2, -0.15) is 0 Å². The van der Waals surface area contributed by atoms with Crippen molar-refractivity contribution >= 4 is 41.0 Å². The maximum atomic E-state index is 3.96. The van der Waals surface area contributed by atoms with Gasteiger partial charge in [-0.25, -0.2) is 0 Å². The SMILES string of the molecule is CC[Si](CC)(CC)c1[c]c([As](c2ccccc2)c2ccccc2)ccc1. The van der Waals surface area contributed by atoms with E-state index in [2.05, 4.69) is 106 Å². The molecule has 0 heterocycles. The Balaban J connectivity index is 2.13. The molecule has 3 aromatic carbocycles. The number of hydrogen-bond donors (Lipinski definition) is 0. The molecule has 0 atom stereocenters. The van der Waals surface area contributed by atoms with Crippen LogP contribution in [0.15, 0.2) is 78.9 Å². The first kappa shape index (κ1) is 19.2. The third kappa shape index (κ3) is 3.90. The molecule has 3 rings (SSSR count). The summed E-state index contributed by atoms with van der Waals surface area (Å²) < 4.78 is 4.41. The quantitative estimate of drug-likeness (QED) is 0.512. The van der Waals surface area contributed by atoms with E-state index in [4.69, 9.17) is 0 Å². The second-order valence-corrected chi connectivity index (χ2v) is 16.6. The Morgan fingerprint density at radius 1 is 0.654 bits per heavy atom. The molecule has 0 unspecified atom stereocenters. The summed E-state index contributed by atoms with van der Waals surface area (Å²) in [5.41, 5.74) is 0. The average molecular weight is 419 g/mol. The molecule has 3 aromatic rings. The molecule has 133 valence electrons. The third-order valence-corrected chi connectivity index (χ3v) is 16.1. The molecule has 0 aliphatic heterocycles. The maximum absolute atomic E-state index is 3.96. The van der Waals surface area contributed by atoms with Gasteiger partial charge in [-0.3, -0.25) is 0 Å². The van der Waals surface area contributed by atoms with Crippen molar-refractivity contribution in [2.45, 2.75) is 38.9 Å². The zero-order valence-electron chi connectivity index (χ0n) is 16.1. The van der Waals surface area contributed by atoms with E-state index < -0.39 is 22.7 Å². The first-order valence-electron chi connectivity index (χ1n) is 9.67. The summed E-state index contributed by atoms with van der Waals surface area (Å²) in [6.45, 7) is 7.14. The first-order chi connectivity index (χ1) is 12.7. The van der Waals surface area contributed by atoms with Crippen molar-refractivity contribution in [1.82, 2.24) is 0 Å². The van der Waals surface area contributed by atoms with Crippen molar-refractivity contribution in [3.05, 3.63) is 84.9 Å². The van der Waals surface area contributed by atoms with Gasteiger partial charge in [0.1, 0.15) is 0 Å². The molecule has 2 heteroatoms. The van der Waals surface area contributed by atoms with Crippen molar-refractivity contribution in [3.8, 4) is 0 Å². The van der Waals surface area contributed by atoms with E-state index in [1.807, 2.05) is 0 Å². The minimum absolute atomic E-state index is 1.31. The molecule has 0 saturated carbocycles. The molecule has 0 aliphatic carbocycles. The van der Waals surface area contributed by atoms with Gasteiger partial charge < -0.3 is 0 Å². The average Bonchev–Trinajstić information content (AvgIpc) is 2.72. The second-order valence-electron chi connectivity index (χ2n) is 6.80. The standard InChI is InChI=1S/C24H28AsSi/c1-4-26(5-2,6-3)24-19-13-18-23(20-24)25(21-14-9-7-10-15-21)22-16-11-8-12-17-22/h7-19H,4-6H2,1-3H3. The van der Waals surface area contributed by atoms with E-state index in [0.717, 1.165) is 0 Å². The van der Waals surface area contributed by atoms with Gasteiger partial charge in [-0.15, -0.1) is 0 Å². The monoisotopic (exact) mass is 419 g/mol. The topological polar surface area (TPSA) is 0 Å². The zero-order valence-corrected chi connectivity index (χ0v) is 19.0. The van der Waals surface area contributed by atoms with Crippen LogP contribution >= 0.6 is 0 Å². The molecule has 26 heavy (non-hydrogen) atoms. The summed E-state index contributed by atoms with van der Waals surface area (Å²) in [5.74, 6) is 0. The summed E-state index contributed by atoms with van der Waals surface area (Å²) >= 11 is -1.56. The fraction of sp³-hybridized carbons (Fsp3) is 0.250. The van der Waals surface area contributed by atoms with Gasteiger partial charge in [-0.1, -0.05) is 0 Å². The van der Waals surface area contributed by atoms with E-state index in [1.54, 1.807) is 0 Å². The molecule has 0 nitrogen and oxygen atoms in total. The van der Waals surface area contributed by atoms with E-state index in [-0.39, 0.29) is 0 Å². The van der Waals surface area contributed by atoms with Gasteiger partial charge in [0.05, 0.1) is 0 Å². The van der Waals surface area contributed by atoms with Crippen LogP contribution in [0.4, 0.5) is 0 Å². The number of benzene rings is 3. The van der Waals surface area contributed by atoms with Crippen LogP contribution in [0.25, 0.3) is 0 Å². The summed E-state index contributed by atoms with van der Waals surface area (Å²) in [5, 5.41) is 1.54. The molecular weight excluding hydrogens is 391 g/mol. The van der Waals surface area contributed by atoms with Crippen LogP contribution in [0.5, 0.6) is 0 Å². The molecule has 1 radical (unpaired) electrons. The first-order valence-corrected chi connectivity index (χ1v) is 15.1. The van der Waals surface area contributed by atoms with Crippen LogP contribution < -0.4 is 18.2 Å². The molecule has 0 N–H and O–H groups in total. The van der Waals surface area contributed by atoms with Crippen molar-refractivity contribution in [2.24, 2.45) is 0 Å². The summed E-state index contributed by atoms with van der Waals surface area (Å²) in [6.07, 6.45) is 0.